The minimum absolute atomic E-state index is 0.0439. The topological polar surface area (TPSA) is 43.3 Å². The van der Waals surface area contributed by atoms with Crippen molar-refractivity contribution in [2.75, 3.05) is 18.5 Å². The number of hydrogen-bond donors (Lipinski definition) is 1. The van der Waals surface area contributed by atoms with E-state index in [1.807, 2.05) is 36.4 Å². The predicted molar refractivity (Wildman–Crippen MR) is 112 cm³/mol. The monoisotopic (exact) mass is 426 g/mol. The number of carbonyl (C=O) groups excluding carboxylic acids is 1. The molecular formula is C22H23BrN2O2. The van der Waals surface area contributed by atoms with Crippen molar-refractivity contribution in [2.45, 2.75) is 31.7 Å². The van der Waals surface area contributed by atoms with Gasteiger partial charge < -0.3 is 14.6 Å². The lowest BCUT2D eigenvalue weighted by atomic mass is 9.73. The minimum Gasteiger partial charge on any atom is -0.381 e. The summed E-state index contributed by atoms with van der Waals surface area (Å²) in [7, 11) is 0. The van der Waals surface area contributed by atoms with Gasteiger partial charge in [0.05, 0.1) is 5.41 Å². The van der Waals surface area contributed by atoms with Gasteiger partial charge in [-0.05, 0) is 61.7 Å². The van der Waals surface area contributed by atoms with Crippen molar-refractivity contribution in [3.05, 3.63) is 64.8 Å². The highest BCUT2D eigenvalue weighted by molar-refractivity contribution is 9.10. The summed E-state index contributed by atoms with van der Waals surface area (Å²) < 4.78 is 8.76. The zero-order chi connectivity index (χ0) is 18.9. The van der Waals surface area contributed by atoms with Crippen LogP contribution in [0.3, 0.4) is 0 Å². The summed E-state index contributed by atoms with van der Waals surface area (Å²) in [4.78, 5) is 13.4. The molecular weight excluding hydrogens is 404 g/mol. The standard InChI is InChI=1S/C22H23BrN2O2/c1-2-25-12-9-16-15-19(7-8-20(16)25)24-21(26)22(10-13-27-14-11-22)17-3-5-18(23)6-4-17/h3-9,12,15H,2,10-11,13-14H2,1H3,(H,24,26). The van der Waals surface area contributed by atoms with Crippen LogP contribution in [0.15, 0.2) is 59.2 Å². The van der Waals surface area contributed by atoms with Crippen molar-refractivity contribution in [1.82, 2.24) is 4.57 Å². The average molecular weight is 427 g/mol. The molecule has 0 radical (unpaired) electrons. The SMILES string of the molecule is CCn1ccc2cc(NC(=O)C3(c4ccc(Br)cc4)CCOCC3)ccc21. The fourth-order valence-electron chi connectivity index (χ4n) is 3.94. The third kappa shape index (κ3) is 3.42. The fraction of sp³-hybridized carbons (Fsp3) is 0.318. The molecule has 1 aliphatic heterocycles. The van der Waals surface area contributed by atoms with Gasteiger partial charge in [-0.15, -0.1) is 0 Å². The van der Waals surface area contributed by atoms with E-state index in [1.165, 1.54) is 5.52 Å². The molecule has 4 rings (SSSR count). The van der Waals surface area contributed by atoms with E-state index in [0.717, 1.165) is 27.7 Å². The lowest BCUT2D eigenvalue weighted by Crippen LogP contribution is -2.44. The first-order chi connectivity index (χ1) is 13.1. The Kier molecular flexibility index (Phi) is 5.06. The molecule has 0 atom stereocenters. The third-order valence-corrected chi connectivity index (χ3v) is 6.08. The molecule has 1 aromatic heterocycles. The van der Waals surface area contributed by atoms with Gasteiger partial charge in [-0.2, -0.15) is 0 Å². The molecule has 2 aromatic carbocycles. The van der Waals surface area contributed by atoms with Gasteiger partial charge in [0.25, 0.3) is 0 Å². The smallest absolute Gasteiger partial charge is 0.235 e. The molecule has 1 fully saturated rings. The van der Waals surface area contributed by atoms with Gasteiger partial charge in [0.2, 0.25) is 5.91 Å². The highest BCUT2D eigenvalue weighted by Crippen LogP contribution is 2.37. The first kappa shape index (κ1) is 18.3. The molecule has 140 valence electrons. The maximum atomic E-state index is 13.4. The molecule has 1 aliphatic rings. The summed E-state index contributed by atoms with van der Waals surface area (Å²) in [5, 5.41) is 4.31. The lowest BCUT2D eigenvalue weighted by molar-refractivity contribution is -0.125. The van der Waals surface area contributed by atoms with Gasteiger partial charge in [-0.3, -0.25) is 4.79 Å². The van der Waals surface area contributed by atoms with Crippen molar-refractivity contribution in [1.29, 1.82) is 0 Å². The van der Waals surface area contributed by atoms with Gasteiger partial charge in [0.15, 0.2) is 0 Å². The lowest BCUT2D eigenvalue weighted by Gasteiger charge is -2.36. The summed E-state index contributed by atoms with van der Waals surface area (Å²) in [6, 6.07) is 16.3. The molecule has 1 saturated heterocycles. The second-order valence-electron chi connectivity index (χ2n) is 7.03. The number of aromatic nitrogens is 1. The Bertz CT molecular complexity index is 956. The van der Waals surface area contributed by atoms with Crippen LogP contribution in [0.25, 0.3) is 10.9 Å². The average Bonchev–Trinajstić information content (AvgIpc) is 3.11. The number of hydrogen-bond acceptors (Lipinski definition) is 2. The number of rotatable bonds is 4. The van der Waals surface area contributed by atoms with Crippen LogP contribution >= 0.6 is 15.9 Å². The number of ether oxygens (including phenoxy) is 1. The summed E-state index contributed by atoms with van der Waals surface area (Å²) in [6.07, 6.45) is 3.46. The molecule has 0 spiro atoms. The molecule has 0 bridgehead atoms. The van der Waals surface area contributed by atoms with Crippen LogP contribution in [0.5, 0.6) is 0 Å². The van der Waals surface area contributed by atoms with E-state index in [4.69, 9.17) is 4.74 Å². The first-order valence-electron chi connectivity index (χ1n) is 9.36. The van der Waals surface area contributed by atoms with Gasteiger partial charge in [-0.1, -0.05) is 28.1 Å². The third-order valence-electron chi connectivity index (χ3n) is 5.55. The Morgan fingerprint density at radius 2 is 1.89 bits per heavy atom. The number of anilines is 1. The van der Waals surface area contributed by atoms with E-state index in [1.54, 1.807) is 0 Å². The Morgan fingerprint density at radius 3 is 2.59 bits per heavy atom. The largest absolute Gasteiger partial charge is 0.381 e. The number of nitrogens with one attached hydrogen (secondary N) is 1. The number of halogens is 1. The van der Waals surface area contributed by atoms with E-state index in [0.29, 0.717) is 26.1 Å². The molecule has 27 heavy (non-hydrogen) atoms. The quantitative estimate of drug-likeness (QED) is 0.629. The van der Waals surface area contributed by atoms with E-state index in [2.05, 4.69) is 51.1 Å². The number of carbonyl (C=O) groups is 1. The molecule has 2 heterocycles. The highest BCUT2D eigenvalue weighted by atomic mass is 79.9. The van der Waals surface area contributed by atoms with E-state index >= 15 is 0 Å². The van der Waals surface area contributed by atoms with E-state index in [-0.39, 0.29) is 5.91 Å². The van der Waals surface area contributed by atoms with Crippen molar-refractivity contribution in [2.24, 2.45) is 0 Å². The van der Waals surface area contributed by atoms with Crippen LogP contribution in [0, 0.1) is 0 Å². The van der Waals surface area contributed by atoms with Crippen molar-refractivity contribution >= 4 is 38.4 Å². The van der Waals surface area contributed by atoms with Crippen LogP contribution in [-0.4, -0.2) is 23.7 Å². The Balaban J connectivity index is 1.65. The molecule has 0 aliphatic carbocycles. The molecule has 1 N–H and O–H groups in total. The van der Waals surface area contributed by atoms with Crippen molar-refractivity contribution < 1.29 is 9.53 Å². The molecule has 3 aromatic rings. The number of nitrogens with zero attached hydrogens (tertiary/aromatic N) is 1. The zero-order valence-electron chi connectivity index (χ0n) is 15.4. The van der Waals surface area contributed by atoms with Crippen LogP contribution in [0.2, 0.25) is 0 Å². The maximum absolute atomic E-state index is 13.4. The van der Waals surface area contributed by atoms with Crippen molar-refractivity contribution in [3.63, 3.8) is 0 Å². The molecule has 1 amide bonds. The second-order valence-corrected chi connectivity index (χ2v) is 7.95. The van der Waals surface area contributed by atoms with Gasteiger partial charge >= 0.3 is 0 Å². The summed E-state index contributed by atoms with van der Waals surface area (Å²) in [5.74, 6) is 0.0439. The van der Waals surface area contributed by atoms with Crippen LogP contribution < -0.4 is 5.32 Å². The first-order valence-corrected chi connectivity index (χ1v) is 10.2. The predicted octanol–water partition coefficient (Wildman–Crippen LogP) is 5.11. The highest BCUT2D eigenvalue weighted by Gasteiger charge is 2.41. The van der Waals surface area contributed by atoms with E-state index in [9.17, 15) is 4.79 Å². The maximum Gasteiger partial charge on any atom is 0.235 e. The normalized spacial score (nSPS) is 16.4. The molecule has 0 saturated carbocycles. The Morgan fingerprint density at radius 1 is 1.15 bits per heavy atom. The number of aryl methyl sites for hydroxylation is 1. The second kappa shape index (κ2) is 7.49. The summed E-state index contributed by atoms with van der Waals surface area (Å²) >= 11 is 3.48. The number of amides is 1. The van der Waals surface area contributed by atoms with Crippen LogP contribution in [0.4, 0.5) is 5.69 Å². The van der Waals surface area contributed by atoms with Crippen molar-refractivity contribution in [3.8, 4) is 0 Å². The van der Waals surface area contributed by atoms with Gasteiger partial charge in [-0.25, -0.2) is 0 Å². The number of benzene rings is 2. The van der Waals surface area contributed by atoms with Crippen LogP contribution in [-0.2, 0) is 21.5 Å². The molecule has 5 heteroatoms. The zero-order valence-corrected chi connectivity index (χ0v) is 17.0. The minimum atomic E-state index is -0.552. The Labute approximate surface area is 167 Å². The Hall–Kier alpha value is -2.11. The van der Waals surface area contributed by atoms with E-state index < -0.39 is 5.41 Å². The molecule has 0 unspecified atom stereocenters. The van der Waals surface area contributed by atoms with Gasteiger partial charge in [0.1, 0.15) is 0 Å². The number of fused-ring (bicyclic) bond motifs is 1. The summed E-state index contributed by atoms with van der Waals surface area (Å²) in [5.41, 5.74) is 2.52. The fourth-order valence-corrected chi connectivity index (χ4v) is 4.20. The van der Waals surface area contributed by atoms with Gasteiger partial charge in [0, 0.05) is 47.0 Å². The van der Waals surface area contributed by atoms with Crippen LogP contribution in [0.1, 0.15) is 25.3 Å². The summed E-state index contributed by atoms with van der Waals surface area (Å²) in [6.45, 7) is 4.26. The molecule has 4 nitrogen and oxygen atoms in total.